The number of hydrogen-bond donors (Lipinski definition) is 2. The Balaban J connectivity index is 1.78. The third-order valence-electron chi connectivity index (χ3n) is 4.44. The molecular formula is C13H24N2O2S. The molecule has 0 radical (unpaired) electrons. The van der Waals surface area contributed by atoms with Crippen LogP contribution >= 0.6 is 11.8 Å². The lowest BCUT2D eigenvalue weighted by molar-refractivity contribution is -0.124. The minimum absolute atomic E-state index is 0.264. The van der Waals surface area contributed by atoms with Gasteiger partial charge in [0.15, 0.2) is 0 Å². The quantitative estimate of drug-likeness (QED) is 0.790. The molecule has 104 valence electrons. The largest absolute Gasteiger partial charge is 0.377 e. The van der Waals surface area contributed by atoms with Crippen molar-refractivity contribution < 1.29 is 9.53 Å². The van der Waals surface area contributed by atoms with Crippen LogP contribution in [0.5, 0.6) is 0 Å². The lowest BCUT2D eigenvalue weighted by Gasteiger charge is -2.28. The first-order valence-corrected chi connectivity index (χ1v) is 7.91. The second kappa shape index (κ2) is 5.80. The molecule has 1 aliphatic heterocycles. The van der Waals surface area contributed by atoms with Crippen molar-refractivity contribution in [3.8, 4) is 0 Å². The Bertz CT molecular complexity index is 313. The second-order valence-corrected chi connectivity index (χ2v) is 6.90. The summed E-state index contributed by atoms with van der Waals surface area (Å²) in [4.78, 5) is 11.5. The SMILES string of the molecule is CC1OCCC1SCCC1CCCC1(N)C(N)=O. The molecule has 5 heteroatoms. The van der Waals surface area contributed by atoms with E-state index in [4.69, 9.17) is 16.2 Å². The highest BCUT2D eigenvalue weighted by Crippen LogP contribution is 2.37. The Labute approximate surface area is 113 Å². The summed E-state index contributed by atoms with van der Waals surface area (Å²) in [6.45, 7) is 3.02. The highest BCUT2D eigenvalue weighted by Gasteiger charge is 2.43. The van der Waals surface area contributed by atoms with Gasteiger partial charge in [-0.1, -0.05) is 6.42 Å². The fourth-order valence-electron chi connectivity index (χ4n) is 3.12. The molecule has 1 amide bonds. The molecule has 1 heterocycles. The van der Waals surface area contributed by atoms with Crippen LogP contribution < -0.4 is 11.5 Å². The lowest BCUT2D eigenvalue weighted by Crippen LogP contribution is -2.54. The number of primary amides is 1. The molecule has 4 atom stereocenters. The third kappa shape index (κ3) is 2.83. The average molecular weight is 272 g/mol. The Morgan fingerprint density at radius 2 is 2.28 bits per heavy atom. The molecule has 0 aromatic carbocycles. The summed E-state index contributed by atoms with van der Waals surface area (Å²) >= 11 is 1.96. The van der Waals surface area contributed by atoms with Crippen molar-refractivity contribution in [2.75, 3.05) is 12.4 Å². The molecule has 1 saturated carbocycles. The monoisotopic (exact) mass is 272 g/mol. The standard InChI is InChI=1S/C13H24N2O2S/c1-9-11(4-7-17-9)18-8-5-10-3-2-6-13(10,15)12(14)16/h9-11H,2-8,15H2,1H3,(H2,14,16). The zero-order valence-corrected chi connectivity index (χ0v) is 11.9. The van der Waals surface area contributed by atoms with Crippen LogP contribution in [0.2, 0.25) is 0 Å². The summed E-state index contributed by atoms with van der Waals surface area (Å²) in [7, 11) is 0. The van der Waals surface area contributed by atoms with Crippen molar-refractivity contribution in [1.82, 2.24) is 0 Å². The average Bonchev–Trinajstić information content (AvgIpc) is 2.88. The highest BCUT2D eigenvalue weighted by molar-refractivity contribution is 7.99. The van der Waals surface area contributed by atoms with Crippen LogP contribution in [0.25, 0.3) is 0 Å². The van der Waals surface area contributed by atoms with Crippen molar-refractivity contribution >= 4 is 17.7 Å². The van der Waals surface area contributed by atoms with Crippen LogP contribution in [0, 0.1) is 5.92 Å². The number of thioether (sulfide) groups is 1. The van der Waals surface area contributed by atoms with Gasteiger partial charge < -0.3 is 16.2 Å². The summed E-state index contributed by atoms with van der Waals surface area (Å²) < 4.78 is 5.55. The zero-order chi connectivity index (χ0) is 13.2. The van der Waals surface area contributed by atoms with Gasteiger partial charge in [-0.3, -0.25) is 4.79 Å². The van der Waals surface area contributed by atoms with Crippen LogP contribution in [-0.2, 0) is 9.53 Å². The molecule has 4 nitrogen and oxygen atoms in total. The molecule has 4 unspecified atom stereocenters. The lowest BCUT2D eigenvalue weighted by atomic mass is 9.85. The minimum Gasteiger partial charge on any atom is -0.377 e. The van der Waals surface area contributed by atoms with Gasteiger partial charge in [-0.15, -0.1) is 0 Å². The van der Waals surface area contributed by atoms with Crippen molar-refractivity contribution in [3.05, 3.63) is 0 Å². The van der Waals surface area contributed by atoms with Crippen LogP contribution in [0.3, 0.4) is 0 Å². The van der Waals surface area contributed by atoms with E-state index in [0.29, 0.717) is 11.4 Å². The maximum absolute atomic E-state index is 11.5. The number of amides is 1. The van der Waals surface area contributed by atoms with Gasteiger partial charge in [0.25, 0.3) is 0 Å². The molecule has 4 N–H and O–H groups in total. The fraction of sp³-hybridized carbons (Fsp3) is 0.923. The Morgan fingerprint density at radius 3 is 2.89 bits per heavy atom. The molecule has 18 heavy (non-hydrogen) atoms. The van der Waals surface area contributed by atoms with Gasteiger partial charge in [0.2, 0.25) is 5.91 Å². The van der Waals surface area contributed by atoms with Gasteiger partial charge in [0.05, 0.1) is 11.6 Å². The van der Waals surface area contributed by atoms with Gasteiger partial charge in [0.1, 0.15) is 0 Å². The van der Waals surface area contributed by atoms with E-state index in [-0.39, 0.29) is 11.8 Å². The van der Waals surface area contributed by atoms with Crippen LogP contribution in [-0.4, -0.2) is 35.2 Å². The number of rotatable bonds is 5. The van der Waals surface area contributed by atoms with Crippen molar-refractivity contribution in [2.45, 2.75) is 55.9 Å². The van der Waals surface area contributed by atoms with E-state index in [1.807, 2.05) is 11.8 Å². The van der Waals surface area contributed by atoms with Crippen molar-refractivity contribution in [1.29, 1.82) is 0 Å². The van der Waals surface area contributed by atoms with E-state index in [9.17, 15) is 4.79 Å². The topological polar surface area (TPSA) is 78.3 Å². The van der Waals surface area contributed by atoms with E-state index in [1.165, 1.54) is 0 Å². The van der Waals surface area contributed by atoms with E-state index in [1.54, 1.807) is 0 Å². The highest BCUT2D eigenvalue weighted by atomic mass is 32.2. The van der Waals surface area contributed by atoms with Crippen LogP contribution in [0.4, 0.5) is 0 Å². The van der Waals surface area contributed by atoms with Crippen molar-refractivity contribution in [2.24, 2.45) is 17.4 Å². The Kier molecular flexibility index (Phi) is 4.56. The van der Waals surface area contributed by atoms with Gasteiger partial charge >= 0.3 is 0 Å². The van der Waals surface area contributed by atoms with Crippen LogP contribution in [0.15, 0.2) is 0 Å². The molecule has 2 rings (SSSR count). The van der Waals surface area contributed by atoms with Crippen molar-refractivity contribution in [3.63, 3.8) is 0 Å². The maximum atomic E-state index is 11.5. The molecule has 0 aromatic rings. The number of carbonyl (C=O) groups excluding carboxylic acids is 1. The van der Waals surface area contributed by atoms with Gasteiger partial charge in [-0.05, 0) is 44.3 Å². The molecule has 0 bridgehead atoms. The van der Waals surface area contributed by atoms with Gasteiger partial charge in [0, 0.05) is 11.9 Å². The summed E-state index contributed by atoms with van der Waals surface area (Å²) in [6, 6.07) is 0. The molecular weight excluding hydrogens is 248 g/mol. The Hall–Kier alpha value is -0.260. The van der Waals surface area contributed by atoms with Gasteiger partial charge in [-0.25, -0.2) is 0 Å². The van der Waals surface area contributed by atoms with E-state index >= 15 is 0 Å². The number of hydrogen-bond acceptors (Lipinski definition) is 4. The molecule has 0 spiro atoms. The molecule has 1 saturated heterocycles. The Morgan fingerprint density at radius 1 is 1.50 bits per heavy atom. The summed E-state index contributed by atoms with van der Waals surface area (Å²) in [5.41, 5.74) is 10.9. The normalized spacial score (nSPS) is 40.2. The van der Waals surface area contributed by atoms with Gasteiger partial charge in [-0.2, -0.15) is 11.8 Å². The second-order valence-electron chi connectivity index (χ2n) is 5.56. The molecule has 2 fully saturated rings. The molecule has 0 aromatic heterocycles. The predicted octanol–water partition coefficient (Wildman–Crippen LogP) is 1.27. The zero-order valence-electron chi connectivity index (χ0n) is 11.1. The van der Waals surface area contributed by atoms with E-state index in [0.717, 1.165) is 44.5 Å². The third-order valence-corrected chi connectivity index (χ3v) is 5.95. The fourth-order valence-corrected chi connectivity index (χ4v) is 4.46. The minimum atomic E-state index is -0.752. The first kappa shape index (κ1) is 14.2. The van der Waals surface area contributed by atoms with E-state index in [2.05, 4.69) is 6.92 Å². The first-order chi connectivity index (χ1) is 8.54. The smallest absolute Gasteiger partial charge is 0.237 e. The number of nitrogens with two attached hydrogens (primary N) is 2. The first-order valence-electron chi connectivity index (χ1n) is 6.86. The summed E-state index contributed by atoms with van der Waals surface area (Å²) in [5, 5.41) is 0.604. The number of carbonyl (C=O) groups is 1. The predicted molar refractivity (Wildman–Crippen MR) is 74.3 cm³/mol. The number of ether oxygens (including phenoxy) is 1. The van der Waals surface area contributed by atoms with E-state index < -0.39 is 5.54 Å². The van der Waals surface area contributed by atoms with Crippen LogP contribution in [0.1, 0.15) is 39.0 Å². The summed E-state index contributed by atoms with van der Waals surface area (Å²) in [6.07, 6.45) is 5.31. The molecule has 2 aliphatic rings. The summed E-state index contributed by atoms with van der Waals surface area (Å²) in [5.74, 6) is 0.989. The maximum Gasteiger partial charge on any atom is 0.237 e. The molecule has 1 aliphatic carbocycles.